The van der Waals surface area contributed by atoms with Crippen LogP contribution in [-0.4, -0.2) is 48.3 Å². The van der Waals surface area contributed by atoms with Gasteiger partial charge in [-0.3, -0.25) is 19.3 Å². The van der Waals surface area contributed by atoms with E-state index in [1.807, 2.05) is 0 Å². The highest BCUT2D eigenvalue weighted by Gasteiger charge is 2.33. The second-order valence-electron chi connectivity index (χ2n) is 5.98. The predicted octanol–water partition coefficient (Wildman–Crippen LogP) is 1.20. The van der Waals surface area contributed by atoms with Crippen molar-refractivity contribution in [3.8, 4) is 0 Å². The maximum absolute atomic E-state index is 12.3. The molecule has 124 valence electrons. The molecule has 2 aliphatic rings. The van der Waals surface area contributed by atoms with E-state index in [0.717, 1.165) is 24.3 Å². The van der Waals surface area contributed by atoms with Gasteiger partial charge in [-0.15, -0.1) is 12.4 Å². The number of carbonyl (C=O) groups excluding carboxylic acids is 3. The standard InChI is InChI=1S/C16H19N3O3.ClH/c1-9-7-11(5-6-17-9)18-14(20)10-3-4-12-13(8-10)16(22)19(2)15(12)21;/h3-4,8-9,11,17H,5-7H2,1-2H3,(H,18,20);1H. The Hall–Kier alpha value is -1.92. The van der Waals surface area contributed by atoms with Crippen molar-refractivity contribution in [2.75, 3.05) is 13.6 Å². The third-order valence-electron chi connectivity index (χ3n) is 4.31. The molecule has 23 heavy (non-hydrogen) atoms. The predicted molar refractivity (Wildman–Crippen MR) is 88.1 cm³/mol. The van der Waals surface area contributed by atoms with Crippen LogP contribution in [0.15, 0.2) is 18.2 Å². The van der Waals surface area contributed by atoms with E-state index in [4.69, 9.17) is 0 Å². The highest BCUT2D eigenvalue weighted by Crippen LogP contribution is 2.23. The van der Waals surface area contributed by atoms with Crippen molar-refractivity contribution in [2.24, 2.45) is 0 Å². The molecule has 2 N–H and O–H groups in total. The number of imide groups is 1. The van der Waals surface area contributed by atoms with Gasteiger partial charge < -0.3 is 10.6 Å². The van der Waals surface area contributed by atoms with Gasteiger partial charge in [-0.1, -0.05) is 0 Å². The van der Waals surface area contributed by atoms with E-state index in [1.54, 1.807) is 12.1 Å². The summed E-state index contributed by atoms with van der Waals surface area (Å²) in [7, 11) is 1.45. The van der Waals surface area contributed by atoms with Crippen LogP contribution in [0, 0.1) is 0 Å². The van der Waals surface area contributed by atoms with Crippen molar-refractivity contribution in [1.82, 2.24) is 15.5 Å². The minimum atomic E-state index is -0.356. The topological polar surface area (TPSA) is 78.5 Å². The Morgan fingerprint density at radius 1 is 1.26 bits per heavy atom. The lowest BCUT2D eigenvalue weighted by Crippen LogP contribution is -2.46. The zero-order chi connectivity index (χ0) is 15.9. The Morgan fingerprint density at radius 3 is 2.65 bits per heavy atom. The lowest BCUT2D eigenvalue weighted by molar-refractivity contribution is 0.0693. The van der Waals surface area contributed by atoms with Crippen LogP contribution in [0.3, 0.4) is 0 Å². The van der Waals surface area contributed by atoms with E-state index in [9.17, 15) is 14.4 Å². The quantitative estimate of drug-likeness (QED) is 0.795. The highest BCUT2D eigenvalue weighted by molar-refractivity contribution is 6.21. The molecule has 1 aromatic carbocycles. The van der Waals surface area contributed by atoms with Crippen molar-refractivity contribution < 1.29 is 14.4 Å². The van der Waals surface area contributed by atoms with Crippen molar-refractivity contribution in [3.63, 3.8) is 0 Å². The van der Waals surface area contributed by atoms with Gasteiger partial charge in [0.1, 0.15) is 0 Å². The molecule has 2 unspecified atom stereocenters. The van der Waals surface area contributed by atoms with Crippen LogP contribution in [0.2, 0.25) is 0 Å². The first kappa shape index (κ1) is 17.4. The second kappa shape index (κ2) is 6.68. The minimum Gasteiger partial charge on any atom is -0.349 e. The summed E-state index contributed by atoms with van der Waals surface area (Å²) >= 11 is 0. The molecular weight excluding hydrogens is 318 g/mol. The van der Waals surface area contributed by atoms with Gasteiger partial charge in [-0.25, -0.2) is 0 Å². The number of halogens is 1. The van der Waals surface area contributed by atoms with E-state index in [-0.39, 0.29) is 36.2 Å². The molecule has 2 aliphatic heterocycles. The zero-order valence-electron chi connectivity index (χ0n) is 13.1. The lowest BCUT2D eigenvalue weighted by Gasteiger charge is -2.28. The zero-order valence-corrected chi connectivity index (χ0v) is 13.9. The molecule has 7 heteroatoms. The lowest BCUT2D eigenvalue weighted by atomic mass is 9.99. The van der Waals surface area contributed by atoms with Gasteiger partial charge in [0.15, 0.2) is 0 Å². The second-order valence-corrected chi connectivity index (χ2v) is 5.98. The Morgan fingerprint density at radius 2 is 1.96 bits per heavy atom. The molecule has 1 aromatic rings. The molecule has 3 rings (SSSR count). The Balaban J connectivity index is 0.00000192. The summed E-state index contributed by atoms with van der Waals surface area (Å²) in [6.07, 6.45) is 1.78. The number of fused-ring (bicyclic) bond motifs is 1. The molecule has 0 spiro atoms. The summed E-state index contributed by atoms with van der Waals surface area (Å²) in [6, 6.07) is 5.19. The average Bonchev–Trinajstić information content (AvgIpc) is 2.72. The van der Waals surface area contributed by atoms with Crippen molar-refractivity contribution in [1.29, 1.82) is 0 Å². The molecule has 0 aromatic heterocycles. The molecule has 1 fully saturated rings. The fourth-order valence-electron chi connectivity index (χ4n) is 3.03. The van der Waals surface area contributed by atoms with E-state index < -0.39 is 0 Å². The average molecular weight is 338 g/mol. The molecule has 1 saturated heterocycles. The van der Waals surface area contributed by atoms with Gasteiger partial charge in [0.25, 0.3) is 17.7 Å². The highest BCUT2D eigenvalue weighted by atomic mass is 35.5. The molecular formula is C16H20ClN3O3. The summed E-state index contributed by atoms with van der Waals surface area (Å²) < 4.78 is 0. The minimum absolute atomic E-state index is 0. The number of amides is 3. The van der Waals surface area contributed by atoms with Crippen LogP contribution in [0.5, 0.6) is 0 Å². The number of nitrogens with zero attached hydrogens (tertiary/aromatic N) is 1. The largest absolute Gasteiger partial charge is 0.349 e. The maximum Gasteiger partial charge on any atom is 0.261 e. The van der Waals surface area contributed by atoms with Crippen LogP contribution in [-0.2, 0) is 0 Å². The van der Waals surface area contributed by atoms with Gasteiger partial charge in [0.2, 0.25) is 0 Å². The van der Waals surface area contributed by atoms with Gasteiger partial charge >= 0.3 is 0 Å². The third kappa shape index (κ3) is 3.23. The van der Waals surface area contributed by atoms with Gasteiger partial charge in [-0.05, 0) is 44.5 Å². The fraction of sp³-hybridized carbons (Fsp3) is 0.438. The van der Waals surface area contributed by atoms with Crippen molar-refractivity contribution in [2.45, 2.75) is 31.8 Å². The molecule has 6 nitrogen and oxygen atoms in total. The smallest absolute Gasteiger partial charge is 0.261 e. The molecule has 0 radical (unpaired) electrons. The Bertz CT molecular complexity index is 662. The number of benzene rings is 1. The number of hydrogen-bond acceptors (Lipinski definition) is 4. The van der Waals surface area contributed by atoms with E-state index in [0.29, 0.717) is 22.7 Å². The number of piperidine rings is 1. The van der Waals surface area contributed by atoms with Crippen LogP contribution in [0.1, 0.15) is 50.8 Å². The van der Waals surface area contributed by atoms with Crippen molar-refractivity contribution in [3.05, 3.63) is 34.9 Å². The Labute approximate surface area is 141 Å². The molecule has 0 aliphatic carbocycles. The summed E-state index contributed by atoms with van der Waals surface area (Å²) in [4.78, 5) is 37.2. The number of carbonyl (C=O) groups is 3. The van der Waals surface area contributed by atoms with E-state index >= 15 is 0 Å². The van der Waals surface area contributed by atoms with E-state index in [2.05, 4.69) is 17.6 Å². The molecule has 0 saturated carbocycles. The maximum atomic E-state index is 12.3. The summed E-state index contributed by atoms with van der Waals surface area (Å²) in [6.45, 7) is 2.97. The van der Waals surface area contributed by atoms with Crippen LogP contribution in [0.25, 0.3) is 0 Å². The SMILES string of the molecule is CC1CC(NC(=O)c2ccc3c(c2)C(=O)N(C)C3=O)CCN1.Cl. The number of nitrogens with one attached hydrogen (secondary N) is 2. The summed E-state index contributed by atoms with van der Waals surface area (Å²) in [5.41, 5.74) is 1.08. The first-order chi connectivity index (χ1) is 10.5. The number of hydrogen-bond donors (Lipinski definition) is 2. The molecule has 2 heterocycles. The molecule has 2 atom stereocenters. The Kier molecular flexibility index (Phi) is 5.06. The van der Waals surface area contributed by atoms with Gasteiger partial charge in [0, 0.05) is 24.7 Å². The third-order valence-corrected chi connectivity index (χ3v) is 4.31. The normalized spacial score (nSPS) is 23.3. The number of rotatable bonds is 2. The van der Waals surface area contributed by atoms with Gasteiger partial charge in [-0.2, -0.15) is 0 Å². The molecule has 0 bridgehead atoms. The van der Waals surface area contributed by atoms with Crippen LogP contribution in [0.4, 0.5) is 0 Å². The summed E-state index contributed by atoms with van der Waals surface area (Å²) in [5.74, 6) is -0.874. The van der Waals surface area contributed by atoms with Crippen LogP contribution < -0.4 is 10.6 Å². The monoisotopic (exact) mass is 337 g/mol. The van der Waals surface area contributed by atoms with Crippen LogP contribution >= 0.6 is 12.4 Å². The van der Waals surface area contributed by atoms with E-state index in [1.165, 1.54) is 13.1 Å². The molecule has 3 amide bonds. The first-order valence-electron chi connectivity index (χ1n) is 7.48. The van der Waals surface area contributed by atoms with Crippen molar-refractivity contribution >= 4 is 30.1 Å². The van der Waals surface area contributed by atoms with Gasteiger partial charge in [0.05, 0.1) is 11.1 Å². The fourth-order valence-corrected chi connectivity index (χ4v) is 3.03. The summed E-state index contributed by atoms with van der Waals surface area (Å²) in [5, 5.41) is 6.34. The first-order valence-corrected chi connectivity index (χ1v) is 7.48.